The maximum Gasteiger partial charge on any atom is 0.573 e. The summed E-state index contributed by atoms with van der Waals surface area (Å²) >= 11 is 3.37. The highest BCUT2D eigenvalue weighted by molar-refractivity contribution is 9.10. The highest BCUT2D eigenvalue weighted by atomic mass is 79.9. The van der Waals surface area contributed by atoms with Gasteiger partial charge in [-0.15, -0.1) is 13.2 Å². The van der Waals surface area contributed by atoms with Crippen LogP contribution in [0.1, 0.15) is 32.6 Å². The number of benzene rings is 3. The van der Waals surface area contributed by atoms with E-state index in [0.717, 1.165) is 15.6 Å². The number of nitrogens with one attached hydrogen (secondary N) is 1. The zero-order valence-electron chi connectivity index (χ0n) is 18.3. The molecule has 0 aromatic heterocycles. The van der Waals surface area contributed by atoms with Gasteiger partial charge < -0.3 is 19.9 Å². The summed E-state index contributed by atoms with van der Waals surface area (Å²) in [5, 5.41) is 12.4. The highest BCUT2D eigenvalue weighted by Crippen LogP contribution is 2.29. The number of carbonyl (C=O) groups is 1. The zero-order chi connectivity index (χ0) is 24.7. The fourth-order valence-electron chi connectivity index (χ4n) is 3.36. The van der Waals surface area contributed by atoms with Crippen LogP contribution in [-0.4, -0.2) is 24.0 Å². The van der Waals surface area contributed by atoms with Gasteiger partial charge in [0.1, 0.15) is 18.1 Å². The van der Waals surface area contributed by atoms with Crippen LogP contribution in [0.3, 0.4) is 0 Å². The van der Waals surface area contributed by atoms with Crippen LogP contribution in [0, 0.1) is 6.92 Å². The monoisotopic (exact) mass is 537 g/mol. The van der Waals surface area contributed by atoms with Gasteiger partial charge in [-0.1, -0.05) is 40.2 Å². The maximum absolute atomic E-state index is 12.7. The molecule has 0 atom stereocenters. The Morgan fingerprint density at radius 2 is 1.74 bits per heavy atom. The van der Waals surface area contributed by atoms with Crippen molar-refractivity contribution >= 4 is 21.9 Å². The average molecular weight is 538 g/mol. The smallest absolute Gasteiger partial charge is 0.489 e. The summed E-state index contributed by atoms with van der Waals surface area (Å²) < 4.78 is 48.9. The van der Waals surface area contributed by atoms with Crippen molar-refractivity contribution in [3.8, 4) is 11.5 Å². The Bertz CT molecular complexity index is 1130. The van der Waals surface area contributed by atoms with Crippen LogP contribution in [0.25, 0.3) is 0 Å². The van der Waals surface area contributed by atoms with Crippen LogP contribution >= 0.6 is 15.9 Å². The Labute approximate surface area is 203 Å². The first kappa shape index (κ1) is 25.6. The summed E-state index contributed by atoms with van der Waals surface area (Å²) in [5.41, 5.74) is 3.31. The predicted molar refractivity (Wildman–Crippen MR) is 125 cm³/mol. The topological polar surface area (TPSA) is 67.8 Å². The lowest BCUT2D eigenvalue weighted by molar-refractivity contribution is -0.274. The van der Waals surface area contributed by atoms with E-state index < -0.39 is 12.3 Å². The molecule has 0 amide bonds. The quantitative estimate of drug-likeness (QED) is 0.298. The average Bonchev–Trinajstić information content (AvgIpc) is 2.76. The number of alkyl halides is 3. The van der Waals surface area contributed by atoms with E-state index in [1.54, 1.807) is 25.1 Å². The van der Waals surface area contributed by atoms with Crippen molar-refractivity contribution in [2.45, 2.75) is 32.9 Å². The van der Waals surface area contributed by atoms with Gasteiger partial charge in [-0.2, -0.15) is 0 Å². The molecular formula is C25H23BrF3NO4. The van der Waals surface area contributed by atoms with Gasteiger partial charge in [-0.3, -0.25) is 0 Å². The Morgan fingerprint density at radius 3 is 2.38 bits per heavy atom. The number of ether oxygens (including phenoxy) is 2. The second-order valence-corrected chi connectivity index (χ2v) is 8.53. The van der Waals surface area contributed by atoms with Crippen LogP contribution in [0.5, 0.6) is 11.5 Å². The first-order chi connectivity index (χ1) is 16.1. The summed E-state index contributed by atoms with van der Waals surface area (Å²) in [7, 11) is 0. The second kappa shape index (κ2) is 11.4. The Morgan fingerprint density at radius 1 is 1.03 bits per heavy atom. The second-order valence-electron chi connectivity index (χ2n) is 7.61. The standard InChI is InChI=1S/C25H23BrF3NO4/c1-16-12-18(4-8-22(16)24(31)32)14-30-11-10-19-13-21(34-25(27,28)29)7-9-23(19)33-15-17-2-5-20(26)6-3-17/h2-9,12-13,30H,10-11,14-15H2,1H3,(H,31,32). The molecule has 0 saturated carbocycles. The molecule has 2 N–H and O–H groups in total. The fourth-order valence-corrected chi connectivity index (χ4v) is 3.63. The van der Waals surface area contributed by atoms with Crippen LogP contribution in [0.2, 0.25) is 0 Å². The molecule has 0 saturated heterocycles. The molecule has 3 rings (SSSR count). The zero-order valence-corrected chi connectivity index (χ0v) is 19.9. The molecule has 5 nitrogen and oxygen atoms in total. The molecule has 0 fully saturated rings. The van der Waals surface area contributed by atoms with E-state index in [4.69, 9.17) is 9.84 Å². The molecule has 34 heavy (non-hydrogen) atoms. The van der Waals surface area contributed by atoms with Crippen LogP contribution < -0.4 is 14.8 Å². The van der Waals surface area contributed by atoms with E-state index in [0.29, 0.717) is 36.4 Å². The molecule has 0 aliphatic rings. The SMILES string of the molecule is Cc1cc(CNCCc2cc(OC(F)(F)F)ccc2OCc2ccc(Br)cc2)ccc1C(=O)O. The van der Waals surface area contributed by atoms with Crippen molar-refractivity contribution in [3.05, 3.63) is 93.0 Å². The summed E-state index contributed by atoms with van der Waals surface area (Å²) in [5.74, 6) is -0.812. The van der Waals surface area contributed by atoms with Crippen molar-refractivity contribution in [1.29, 1.82) is 0 Å². The molecule has 0 heterocycles. The molecule has 0 spiro atoms. The minimum absolute atomic E-state index is 0.248. The lowest BCUT2D eigenvalue weighted by Crippen LogP contribution is -2.19. The largest absolute Gasteiger partial charge is 0.573 e. The Kier molecular flexibility index (Phi) is 8.57. The molecule has 3 aromatic carbocycles. The van der Waals surface area contributed by atoms with Crippen molar-refractivity contribution in [2.75, 3.05) is 6.54 Å². The van der Waals surface area contributed by atoms with Crippen molar-refractivity contribution < 1.29 is 32.5 Å². The van der Waals surface area contributed by atoms with E-state index >= 15 is 0 Å². The maximum atomic E-state index is 12.7. The summed E-state index contributed by atoms with van der Waals surface area (Å²) in [6.45, 7) is 2.94. The molecule has 0 aliphatic carbocycles. The van der Waals surface area contributed by atoms with Gasteiger partial charge in [-0.05, 0) is 78.5 Å². The third-order valence-electron chi connectivity index (χ3n) is 4.99. The van der Waals surface area contributed by atoms with Crippen LogP contribution in [-0.2, 0) is 19.6 Å². The lowest BCUT2D eigenvalue weighted by atomic mass is 10.1. The number of hydrogen-bond donors (Lipinski definition) is 2. The molecular weight excluding hydrogens is 515 g/mol. The first-order valence-corrected chi connectivity index (χ1v) is 11.2. The van der Waals surface area contributed by atoms with Crippen molar-refractivity contribution in [3.63, 3.8) is 0 Å². The van der Waals surface area contributed by atoms with Gasteiger partial charge in [0.25, 0.3) is 0 Å². The highest BCUT2D eigenvalue weighted by Gasteiger charge is 2.31. The van der Waals surface area contributed by atoms with E-state index in [1.807, 2.05) is 24.3 Å². The van der Waals surface area contributed by atoms with Crippen molar-refractivity contribution in [2.24, 2.45) is 0 Å². The number of halogens is 4. The molecule has 3 aromatic rings. The van der Waals surface area contributed by atoms with Crippen LogP contribution in [0.4, 0.5) is 13.2 Å². The normalized spacial score (nSPS) is 11.3. The lowest BCUT2D eigenvalue weighted by Gasteiger charge is -2.15. The molecule has 180 valence electrons. The number of rotatable bonds is 10. The predicted octanol–water partition coefficient (Wildman–Crippen LogP) is 6.27. The van der Waals surface area contributed by atoms with Gasteiger partial charge in [0.2, 0.25) is 0 Å². The van der Waals surface area contributed by atoms with Gasteiger partial charge in [0.15, 0.2) is 0 Å². The molecule has 0 unspecified atom stereocenters. The fraction of sp³-hybridized carbons (Fsp3) is 0.240. The molecule has 9 heteroatoms. The van der Waals surface area contributed by atoms with Gasteiger partial charge in [-0.25, -0.2) is 4.79 Å². The first-order valence-electron chi connectivity index (χ1n) is 10.4. The number of carboxylic acid groups (broad SMARTS) is 1. The van der Waals surface area contributed by atoms with E-state index in [2.05, 4.69) is 26.0 Å². The van der Waals surface area contributed by atoms with E-state index in [-0.39, 0.29) is 17.9 Å². The summed E-state index contributed by atoms with van der Waals surface area (Å²) in [6.07, 6.45) is -4.38. The minimum Gasteiger partial charge on any atom is -0.489 e. The summed E-state index contributed by atoms with van der Waals surface area (Å²) in [6, 6.07) is 16.7. The molecule has 0 aliphatic heterocycles. The number of carboxylic acids is 1. The number of hydrogen-bond acceptors (Lipinski definition) is 4. The third kappa shape index (κ3) is 7.78. The minimum atomic E-state index is -4.78. The molecule has 0 radical (unpaired) electrons. The Balaban J connectivity index is 1.65. The van der Waals surface area contributed by atoms with Crippen LogP contribution in [0.15, 0.2) is 65.1 Å². The van der Waals surface area contributed by atoms with Gasteiger partial charge in [0, 0.05) is 11.0 Å². The number of aryl methyl sites for hydroxylation is 1. The number of aromatic carboxylic acids is 1. The van der Waals surface area contributed by atoms with E-state index in [1.165, 1.54) is 18.2 Å². The van der Waals surface area contributed by atoms with Gasteiger partial charge >= 0.3 is 12.3 Å². The molecule has 0 bridgehead atoms. The third-order valence-corrected chi connectivity index (χ3v) is 5.52. The van der Waals surface area contributed by atoms with E-state index in [9.17, 15) is 18.0 Å². The van der Waals surface area contributed by atoms with Gasteiger partial charge in [0.05, 0.1) is 5.56 Å². The summed E-state index contributed by atoms with van der Waals surface area (Å²) in [4.78, 5) is 11.1. The van der Waals surface area contributed by atoms with Crippen molar-refractivity contribution in [1.82, 2.24) is 5.32 Å². The Hall–Kier alpha value is -3.04.